The predicted molar refractivity (Wildman–Crippen MR) is 166 cm³/mol. The molecular formula is C30H43N7O3S. The molecule has 2 aliphatic heterocycles. The molecule has 2 aliphatic rings. The molecule has 0 saturated carbocycles. The molecule has 3 N–H and O–H groups in total. The summed E-state index contributed by atoms with van der Waals surface area (Å²) in [6, 6.07) is 8.44. The van der Waals surface area contributed by atoms with Crippen molar-refractivity contribution in [2.24, 2.45) is 11.7 Å². The zero-order valence-corrected chi connectivity index (χ0v) is 25.6. The summed E-state index contributed by atoms with van der Waals surface area (Å²) in [5, 5.41) is 5.60. The van der Waals surface area contributed by atoms with Gasteiger partial charge in [0.1, 0.15) is 21.5 Å². The molecule has 0 aliphatic carbocycles. The van der Waals surface area contributed by atoms with Gasteiger partial charge in [-0.05, 0) is 67.8 Å². The van der Waals surface area contributed by atoms with Crippen LogP contribution < -0.4 is 20.9 Å². The monoisotopic (exact) mass is 581 g/mol. The van der Waals surface area contributed by atoms with Crippen molar-refractivity contribution in [3.8, 4) is 0 Å². The number of hydrogen-bond acceptors (Lipinski definition) is 10. The van der Waals surface area contributed by atoms with Crippen LogP contribution in [0.5, 0.6) is 0 Å². The van der Waals surface area contributed by atoms with Gasteiger partial charge in [-0.15, -0.1) is 0 Å². The van der Waals surface area contributed by atoms with E-state index < -0.39 is 9.84 Å². The Morgan fingerprint density at radius 1 is 1.15 bits per heavy atom. The van der Waals surface area contributed by atoms with E-state index in [1.165, 1.54) is 11.8 Å². The number of hydrogen-bond donors (Lipinski definition) is 2. The second-order valence-electron chi connectivity index (χ2n) is 12.0. The number of nitrogens with zero attached hydrogens (tertiary/aromatic N) is 5. The number of aromatic nitrogens is 3. The molecule has 41 heavy (non-hydrogen) atoms. The fraction of sp³-hybridized carbons (Fsp3) is 0.567. The van der Waals surface area contributed by atoms with E-state index in [0.29, 0.717) is 30.0 Å². The van der Waals surface area contributed by atoms with Gasteiger partial charge in [-0.25, -0.2) is 18.4 Å². The van der Waals surface area contributed by atoms with Crippen molar-refractivity contribution < 1.29 is 13.2 Å². The number of nitrogens with one attached hydrogen (secondary N) is 1. The van der Waals surface area contributed by atoms with Crippen molar-refractivity contribution in [2.75, 3.05) is 60.4 Å². The van der Waals surface area contributed by atoms with Crippen LogP contribution >= 0.6 is 0 Å². The fourth-order valence-corrected chi connectivity index (χ4v) is 7.45. The normalized spacial score (nSPS) is 20.9. The first-order valence-electron chi connectivity index (χ1n) is 14.5. The minimum atomic E-state index is -3.01. The third-order valence-electron chi connectivity index (χ3n) is 8.85. The van der Waals surface area contributed by atoms with Crippen LogP contribution in [0.3, 0.4) is 0 Å². The minimum Gasteiger partial charge on any atom is -0.378 e. The highest BCUT2D eigenvalue weighted by atomic mass is 32.2. The Bertz CT molecular complexity index is 1490. The van der Waals surface area contributed by atoms with E-state index in [1.807, 2.05) is 12.3 Å². The van der Waals surface area contributed by atoms with Gasteiger partial charge in [-0.1, -0.05) is 19.9 Å². The Morgan fingerprint density at radius 2 is 1.90 bits per heavy atom. The third kappa shape index (κ3) is 6.27. The standard InChI is InChI=1S/C30H43N7O3S/c1-20(2)23-6-7-26(37-18-22(21(37)3)19-41(5,38)39)25-17-33-28(16-24(23)25)34-27-8-13-32-29(35-27)36-14-10-30(40-4,9-12-31)11-15-36/h6-8,13,16-17,20-22H,9-12,14-15,18-19,31H2,1-5H3,(H,32,33,34,35)/t21-,22-/m1/s1. The summed E-state index contributed by atoms with van der Waals surface area (Å²) < 4.78 is 29.6. The first-order valence-corrected chi connectivity index (χ1v) is 16.6. The topological polar surface area (TPSA) is 127 Å². The van der Waals surface area contributed by atoms with Crippen LogP contribution in [0.15, 0.2) is 36.7 Å². The highest BCUT2D eigenvalue weighted by Crippen LogP contribution is 2.39. The van der Waals surface area contributed by atoms with Gasteiger partial charge in [0.15, 0.2) is 0 Å². The molecule has 2 saturated heterocycles. The zero-order valence-electron chi connectivity index (χ0n) is 24.8. The molecule has 222 valence electrons. The summed E-state index contributed by atoms with van der Waals surface area (Å²) in [5.74, 6) is 2.78. The molecule has 2 atom stereocenters. The average molecular weight is 582 g/mol. The zero-order chi connectivity index (χ0) is 29.4. The Labute approximate surface area is 243 Å². The number of pyridine rings is 1. The average Bonchev–Trinajstić information content (AvgIpc) is 2.94. The quantitative estimate of drug-likeness (QED) is 0.361. The first-order chi connectivity index (χ1) is 19.5. The molecule has 4 heterocycles. The van der Waals surface area contributed by atoms with Gasteiger partial charge < -0.3 is 25.6 Å². The van der Waals surface area contributed by atoms with Gasteiger partial charge in [0.05, 0.1) is 11.4 Å². The number of piperidine rings is 1. The van der Waals surface area contributed by atoms with Crippen molar-refractivity contribution in [3.05, 3.63) is 42.2 Å². The molecule has 0 spiro atoms. The van der Waals surface area contributed by atoms with Crippen LogP contribution in [0.4, 0.5) is 23.3 Å². The second-order valence-corrected chi connectivity index (χ2v) is 14.2. The number of fused-ring (bicyclic) bond motifs is 1. The maximum absolute atomic E-state index is 11.9. The van der Waals surface area contributed by atoms with E-state index in [9.17, 15) is 8.42 Å². The fourth-order valence-electron chi connectivity index (χ4n) is 6.29. The van der Waals surface area contributed by atoms with E-state index in [4.69, 9.17) is 20.4 Å². The van der Waals surface area contributed by atoms with Gasteiger partial charge >= 0.3 is 0 Å². The van der Waals surface area contributed by atoms with E-state index in [1.54, 1.807) is 13.3 Å². The van der Waals surface area contributed by atoms with Crippen LogP contribution in [-0.2, 0) is 14.6 Å². The highest BCUT2D eigenvalue weighted by Gasteiger charge is 2.38. The maximum Gasteiger partial charge on any atom is 0.227 e. The molecule has 0 amide bonds. The molecule has 3 aromatic rings. The van der Waals surface area contributed by atoms with Gasteiger partial charge in [0.25, 0.3) is 0 Å². The van der Waals surface area contributed by atoms with Gasteiger partial charge in [-0.3, -0.25) is 0 Å². The first kappa shape index (κ1) is 29.5. The largest absolute Gasteiger partial charge is 0.378 e. The number of rotatable bonds is 10. The van der Waals surface area contributed by atoms with Crippen molar-refractivity contribution in [1.82, 2.24) is 15.0 Å². The third-order valence-corrected chi connectivity index (χ3v) is 9.89. The minimum absolute atomic E-state index is 0.136. The number of anilines is 4. The summed E-state index contributed by atoms with van der Waals surface area (Å²) in [7, 11) is -1.23. The van der Waals surface area contributed by atoms with Crippen LogP contribution in [-0.4, -0.2) is 80.3 Å². The molecule has 0 radical (unpaired) electrons. The van der Waals surface area contributed by atoms with Crippen LogP contribution in [0.25, 0.3) is 10.8 Å². The number of nitrogens with two attached hydrogens (primary N) is 1. The van der Waals surface area contributed by atoms with E-state index >= 15 is 0 Å². The summed E-state index contributed by atoms with van der Waals surface area (Å²) in [6.07, 6.45) is 7.64. The molecule has 11 heteroatoms. The van der Waals surface area contributed by atoms with Crippen LogP contribution in [0.1, 0.15) is 51.5 Å². The number of ether oxygens (including phenoxy) is 1. The summed E-state index contributed by atoms with van der Waals surface area (Å²) >= 11 is 0. The molecule has 10 nitrogen and oxygen atoms in total. The van der Waals surface area contributed by atoms with E-state index in [-0.39, 0.29) is 23.3 Å². The lowest BCUT2D eigenvalue weighted by atomic mass is 9.88. The van der Waals surface area contributed by atoms with Crippen molar-refractivity contribution in [3.63, 3.8) is 0 Å². The lowest BCUT2D eigenvalue weighted by molar-refractivity contribution is -0.0341. The molecule has 5 rings (SSSR count). The molecule has 0 bridgehead atoms. The van der Waals surface area contributed by atoms with Gasteiger partial charge in [0, 0.05) is 68.4 Å². The Hall–Kier alpha value is -3.02. The SMILES string of the molecule is COC1(CCN)CCN(c2nccc(Nc3cc4c(C(C)C)ccc(N5C[C@H](CS(C)(=O)=O)[C@H]5C)c4cn3)n2)CC1. The van der Waals surface area contributed by atoms with Crippen molar-refractivity contribution in [2.45, 2.75) is 57.6 Å². The molecule has 2 fully saturated rings. The summed E-state index contributed by atoms with van der Waals surface area (Å²) in [6.45, 7) is 9.45. The van der Waals surface area contributed by atoms with Crippen LogP contribution in [0, 0.1) is 5.92 Å². The summed E-state index contributed by atoms with van der Waals surface area (Å²) in [4.78, 5) is 18.6. The van der Waals surface area contributed by atoms with Crippen molar-refractivity contribution in [1.29, 1.82) is 0 Å². The Balaban J connectivity index is 1.36. The van der Waals surface area contributed by atoms with E-state index in [2.05, 4.69) is 59.1 Å². The molecular weight excluding hydrogens is 538 g/mol. The molecule has 2 aromatic heterocycles. The van der Waals surface area contributed by atoms with Gasteiger partial charge in [-0.2, -0.15) is 4.98 Å². The van der Waals surface area contributed by atoms with Crippen LogP contribution in [0.2, 0.25) is 0 Å². The van der Waals surface area contributed by atoms with Crippen molar-refractivity contribution >= 4 is 43.9 Å². The highest BCUT2D eigenvalue weighted by molar-refractivity contribution is 7.90. The van der Waals surface area contributed by atoms with E-state index in [0.717, 1.165) is 55.4 Å². The summed E-state index contributed by atoms with van der Waals surface area (Å²) in [5.41, 5.74) is 8.00. The maximum atomic E-state index is 11.9. The van der Waals surface area contributed by atoms with Gasteiger partial charge in [0.2, 0.25) is 5.95 Å². The Morgan fingerprint density at radius 3 is 2.54 bits per heavy atom. The Kier molecular flexibility index (Phi) is 8.41. The molecule has 0 unspecified atom stereocenters. The second kappa shape index (κ2) is 11.7. The number of benzene rings is 1. The predicted octanol–water partition coefficient (Wildman–Crippen LogP) is 4.10. The number of sulfone groups is 1. The lowest BCUT2D eigenvalue weighted by Crippen LogP contribution is -2.57. The lowest BCUT2D eigenvalue weighted by Gasteiger charge is -2.48. The number of methoxy groups -OCH3 is 1. The smallest absolute Gasteiger partial charge is 0.227 e. The molecule has 1 aromatic carbocycles.